The van der Waals surface area contributed by atoms with Crippen molar-refractivity contribution in [3.8, 4) is 11.1 Å². The van der Waals surface area contributed by atoms with Crippen LogP contribution in [0.25, 0.3) is 11.1 Å². The number of hydrogen-bond donors (Lipinski definition) is 1. The van der Waals surface area contributed by atoms with Gasteiger partial charge in [-0.3, -0.25) is 19.6 Å². The predicted octanol–water partition coefficient (Wildman–Crippen LogP) is 1.74. The van der Waals surface area contributed by atoms with Gasteiger partial charge in [-0.1, -0.05) is 30.3 Å². The molecular formula is C23H23N5O3. The van der Waals surface area contributed by atoms with Crippen molar-refractivity contribution in [3.05, 3.63) is 78.6 Å². The van der Waals surface area contributed by atoms with E-state index in [0.717, 1.165) is 16.7 Å². The molecule has 1 aliphatic heterocycles. The van der Waals surface area contributed by atoms with Gasteiger partial charge in [0.2, 0.25) is 0 Å². The first-order valence-electron chi connectivity index (χ1n) is 10.0. The largest absolute Gasteiger partial charge is 0.361 e. The second kappa shape index (κ2) is 9.01. The van der Waals surface area contributed by atoms with Gasteiger partial charge in [0.05, 0.1) is 19.3 Å². The minimum atomic E-state index is -1.22. The molecule has 1 unspecified atom stereocenters. The van der Waals surface area contributed by atoms with Crippen molar-refractivity contribution in [2.24, 2.45) is 0 Å². The van der Waals surface area contributed by atoms with Crippen molar-refractivity contribution < 1.29 is 14.3 Å². The molecule has 0 bridgehead atoms. The Bertz CT molecular complexity index is 1060. The van der Waals surface area contributed by atoms with E-state index in [1.165, 1.54) is 18.6 Å². The highest BCUT2D eigenvalue weighted by Gasteiger charge is 2.45. The van der Waals surface area contributed by atoms with E-state index >= 15 is 0 Å². The highest BCUT2D eigenvalue weighted by molar-refractivity contribution is 5.93. The molecule has 158 valence electrons. The fourth-order valence-corrected chi connectivity index (χ4v) is 3.87. The summed E-state index contributed by atoms with van der Waals surface area (Å²) in [6, 6.07) is 11.7. The van der Waals surface area contributed by atoms with Crippen molar-refractivity contribution >= 4 is 11.8 Å². The third kappa shape index (κ3) is 4.29. The number of amides is 2. The summed E-state index contributed by atoms with van der Waals surface area (Å²) in [5.41, 5.74) is 1.88. The summed E-state index contributed by atoms with van der Waals surface area (Å²) in [5.74, 6) is -0.546. The highest BCUT2D eigenvalue weighted by atomic mass is 16.5. The number of rotatable bonds is 5. The Morgan fingerprint density at radius 3 is 2.68 bits per heavy atom. The maximum absolute atomic E-state index is 13.0. The first-order valence-corrected chi connectivity index (χ1v) is 10.0. The molecule has 0 radical (unpaired) electrons. The molecular weight excluding hydrogens is 394 g/mol. The number of carbonyl (C=O) groups excluding carboxylic acids is 2. The highest BCUT2D eigenvalue weighted by Crippen LogP contribution is 2.30. The van der Waals surface area contributed by atoms with E-state index in [9.17, 15) is 9.59 Å². The quantitative estimate of drug-likeness (QED) is 0.679. The van der Waals surface area contributed by atoms with Crippen LogP contribution in [0.2, 0.25) is 0 Å². The van der Waals surface area contributed by atoms with Crippen molar-refractivity contribution in [1.29, 1.82) is 0 Å². The topological polar surface area (TPSA) is 97.3 Å². The van der Waals surface area contributed by atoms with Gasteiger partial charge in [0.1, 0.15) is 5.69 Å². The molecule has 2 aromatic heterocycles. The smallest absolute Gasteiger partial charge is 0.274 e. The maximum atomic E-state index is 13.0. The molecule has 4 rings (SSSR count). The second-order valence-corrected chi connectivity index (χ2v) is 7.31. The summed E-state index contributed by atoms with van der Waals surface area (Å²) in [4.78, 5) is 39.9. The Morgan fingerprint density at radius 2 is 1.94 bits per heavy atom. The van der Waals surface area contributed by atoms with Crippen LogP contribution in [-0.4, -0.2) is 64.0 Å². The van der Waals surface area contributed by atoms with Crippen LogP contribution < -0.4 is 5.32 Å². The zero-order chi connectivity index (χ0) is 21.7. The number of likely N-dealkylation sites (N-methyl/N-ethyl adjacent to an activating group) is 1. The molecule has 8 nitrogen and oxygen atoms in total. The van der Waals surface area contributed by atoms with Gasteiger partial charge in [-0.25, -0.2) is 4.98 Å². The number of aromatic nitrogens is 3. The van der Waals surface area contributed by atoms with Crippen LogP contribution in [0.4, 0.5) is 0 Å². The molecule has 0 saturated carbocycles. The lowest BCUT2D eigenvalue weighted by atomic mass is 9.87. The fraction of sp³-hybridized carbons (Fsp3) is 0.261. The Labute approximate surface area is 180 Å². The zero-order valence-electron chi connectivity index (χ0n) is 17.2. The van der Waals surface area contributed by atoms with E-state index in [4.69, 9.17) is 4.74 Å². The average Bonchev–Trinajstić information content (AvgIpc) is 2.84. The Morgan fingerprint density at radius 1 is 1.10 bits per heavy atom. The van der Waals surface area contributed by atoms with Crippen molar-refractivity contribution in [3.63, 3.8) is 0 Å². The molecule has 8 heteroatoms. The summed E-state index contributed by atoms with van der Waals surface area (Å²) >= 11 is 0. The first-order chi connectivity index (χ1) is 15.1. The normalized spacial score (nSPS) is 18.4. The van der Waals surface area contributed by atoms with E-state index in [-0.39, 0.29) is 30.7 Å². The van der Waals surface area contributed by atoms with Crippen LogP contribution in [0.5, 0.6) is 0 Å². The predicted molar refractivity (Wildman–Crippen MR) is 114 cm³/mol. The van der Waals surface area contributed by atoms with Crippen LogP contribution in [0.15, 0.2) is 67.4 Å². The molecule has 1 atom stereocenters. The third-order valence-electron chi connectivity index (χ3n) is 5.36. The molecule has 1 fully saturated rings. The SMILES string of the molecule is CNC(=O)C1(Cc2ccccc2-c2cccnc2)CN(C(=O)c2cnccn2)CCO1. The Kier molecular flexibility index (Phi) is 5.99. The molecule has 0 spiro atoms. The van der Waals surface area contributed by atoms with Crippen LogP contribution in [0.1, 0.15) is 16.1 Å². The standard InChI is InChI=1S/C23H23N5O3/c1-24-22(30)23(13-17-5-2-3-7-19(17)18-6-4-8-25-14-18)16-28(11-12-31-23)21(29)20-15-26-9-10-27-20/h2-10,14-15H,11-13,16H2,1H3,(H,24,30). The van der Waals surface area contributed by atoms with Crippen molar-refractivity contribution in [1.82, 2.24) is 25.2 Å². The van der Waals surface area contributed by atoms with Gasteiger partial charge in [0.15, 0.2) is 5.60 Å². The van der Waals surface area contributed by atoms with E-state index < -0.39 is 5.60 Å². The summed E-state index contributed by atoms with van der Waals surface area (Å²) in [7, 11) is 1.57. The lowest BCUT2D eigenvalue weighted by Crippen LogP contribution is -2.61. The molecule has 2 amide bonds. The van der Waals surface area contributed by atoms with Gasteiger partial charge in [-0.2, -0.15) is 0 Å². The fourth-order valence-electron chi connectivity index (χ4n) is 3.87. The van der Waals surface area contributed by atoms with E-state index in [1.54, 1.807) is 24.3 Å². The second-order valence-electron chi connectivity index (χ2n) is 7.31. The number of pyridine rings is 1. The van der Waals surface area contributed by atoms with Gasteiger partial charge in [0.25, 0.3) is 11.8 Å². The van der Waals surface area contributed by atoms with E-state index in [2.05, 4.69) is 20.3 Å². The minimum Gasteiger partial charge on any atom is -0.361 e. The third-order valence-corrected chi connectivity index (χ3v) is 5.36. The van der Waals surface area contributed by atoms with E-state index in [1.807, 2.05) is 36.4 Å². The molecule has 1 aromatic carbocycles. The Balaban J connectivity index is 1.67. The molecule has 1 saturated heterocycles. The lowest BCUT2D eigenvalue weighted by Gasteiger charge is -2.41. The maximum Gasteiger partial charge on any atom is 0.274 e. The van der Waals surface area contributed by atoms with Crippen molar-refractivity contribution in [2.75, 3.05) is 26.7 Å². The van der Waals surface area contributed by atoms with E-state index in [0.29, 0.717) is 13.0 Å². The summed E-state index contributed by atoms with van der Waals surface area (Å²) in [6.45, 7) is 0.732. The number of ether oxygens (including phenoxy) is 1. The molecule has 1 aliphatic rings. The van der Waals surface area contributed by atoms with Crippen LogP contribution in [0, 0.1) is 0 Å². The van der Waals surface area contributed by atoms with Gasteiger partial charge in [-0.05, 0) is 17.2 Å². The monoisotopic (exact) mass is 417 g/mol. The summed E-state index contributed by atoms with van der Waals surface area (Å²) in [5, 5.41) is 2.71. The number of nitrogens with one attached hydrogen (secondary N) is 1. The molecule has 1 N–H and O–H groups in total. The van der Waals surface area contributed by atoms with Crippen LogP contribution >= 0.6 is 0 Å². The van der Waals surface area contributed by atoms with Gasteiger partial charge >= 0.3 is 0 Å². The summed E-state index contributed by atoms with van der Waals surface area (Å²) < 4.78 is 6.07. The molecule has 3 heterocycles. The first kappa shape index (κ1) is 20.6. The lowest BCUT2D eigenvalue weighted by molar-refractivity contribution is -0.156. The molecule has 31 heavy (non-hydrogen) atoms. The van der Waals surface area contributed by atoms with Gasteiger partial charge < -0.3 is 15.0 Å². The number of hydrogen-bond acceptors (Lipinski definition) is 6. The zero-order valence-corrected chi connectivity index (χ0v) is 17.2. The summed E-state index contributed by atoms with van der Waals surface area (Å²) in [6.07, 6.45) is 8.23. The van der Waals surface area contributed by atoms with Crippen LogP contribution in [-0.2, 0) is 16.0 Å². The minimum absolute atomic E-state index is 0.115. The number of morpholine rings is 1. The van der Waals surface area contributed by atoms with Gasteiger partial charge in [-0.15, -0.1) is 0 Å². The number of benzene rings is 1. The van der Waals surface area contributed by atoms with Crippen molar-refractivity contribution in [2.45, 2.75) is 12.0 Å². The van der Waals surface area contributed by atoms with Crippen LogP contribution in [0.3, 0.4) is 0 Å². The molecule has 3 aromatic rings. The molecule has 0 aliphatic carbocycles. The van der Waals surface area contributed by atoms with Gasteiger partial charge in [0, 0.05) is 50.4 Å². The number of carbonyl (C=O) groups is 2. The Hall–Kier alpha value is -3.65. The number of nitrogens with zero attached hydrogens (tertiary/aromatic N) is 4. The average molecular weight is 417 g/mol.